The van der Waals surface area contributed by atoms with E-state index in [4.69, 9.17) is 10.3 Å². The van der Waals surface area contributed by atoms with Crippen molar-refractivity contribution in [3.63, 3.8) is 0 Å². The molecular weight excluding hydrogens is 248 g/mol. The molecule has 0 atom stereocenters. The molecular formula is C8H8N4O2S2. The van der Waals surface area contributed by atoms with Crippen LogP contribution in [-0.2, 0) is 5.75 Å². The number of nitrogens with one attached hydrogen (secondary N) is 1. The summed E-state index contributed by atoms with van der Waals surface area (Å²) in [6.07, 6.45) is 2.88. The first-order valence-corrected chi connectivity index (χ1v) is 6.03. The molecule has 3 N–H and O–H groups in total. The molecule has 8 heteroatoms. The summed E-state index contributed by atoms with van der Waals surface area (Å²) in [7, 11) is 0. The summed E-state index contributed by atoms with van der Waals surface area (Å²) in [6, 6.07) is 1.65. The molecule has 2 rings (SSSR count). The SMILES string of the molecule is NNC(=O)c1coc(CSc2ncns2)c1. The Balaban J connectivity index is 1.95. The van der Waals surface area contributed by atoms with E-state index in [0.717, 1.165) is 4.34 Å². The summed E-state index contributed by atoms with van der Waals surface area (Å²) in [5, 5.41) is 0. The molecule has 2 heterocycles. The molecule has 0 aromatic carbocycles. The van der Waals surface area contributed by atoms with Gasteiger partial charge in [0.15, 0.2) is 4.34 Å². The largest absolute Gasteiger partial charge is 0.468 e. The molecule has 0 radical (unpaired) electrons. The minimum absolute atomic E-state index is 0.365. The molecule has 0 fully saturated rings. The maximum absolute atomic E-state index is 11.1. The van der Waals surface area contributed by atoms with Gasteiger partial charge in [0, 0.05) is 0 Å². The molecule has 16 heavy (non-hydrogen) atoms. The minimum atomic E-state index is -0.365. The van der Waals surface area contributed by atoms with E-state index in [2.05, 4.69) is 9.36 Å². The molecule has 0 aliphatic heterocycles. The molecule has 1 amide bonds. The van der Waals surface area contributed by atoms with Crippen LogP contribution in [0.3, 0.4) is 0 Å². The lowest BCUT2D eigenvalue weighted by Gasteiger charge is -1.92. The van der Waals surface area contributed by atoms with Crippen molar-refractivity contribution in [1.82, 2.24) is 14.8 Å². The number of furan rings is 1. The Hall–Kier alpha value is -1.38. The van der Waals surface area contributed by atoms with Crippen LogP contribution in [0.1, 0.15) is 16.1 Å². The number of rotatable bonds is 4. The first kappa shape index (κ1) is 11.1. The number of hydrogen-bond acceptors (Lipinski definition) is 7. The number of carbonyl (C=O) groups excluding carboxylic acids is 1. The smallest absolute Gasteiger partial charge is 0.268 e. The van der Waals surface area contributed by atoms with E-state index in [-0.39, 0.29) is 5.91 Å². The normalized spacial score (nSPS) is 10.3. The number of carbonyl (C=O) groups is 1. The number of hydrogen-bond donors (Lipinski definition) is 2. The lowest BCUT2D eigenvalue weighted by molar-refractivity contribution is 0.0953. The fourth-order valence-electron chi connectivity index (χ4n) is 1.02. The molecule has 2 aromatic rings. The van der Waals surface area contributed by atoms with Crippen LogP contribution in [-0.4, -0.2) is 15.3 Å². The number of amides is 1. The van der Waals surface area contributed by atoms with Gasteiger partial charge in [-0.15, -0.1) is 0 Å². The van der Waals surface area contributed by atoms with Gasteiger partial charge in [-0.3, -0.25) is 10.2 Å². The molecule has 0 aliphatic rings. The van der Waals surface area contributed by atoms with Crippen molar-refractivity contribution in [3.8, 4) is 0 Å². The Kier molecular flexibility index (Phi) is 3.54. The van der Waals surface area contributed by atoms with Gasteiger partial charge in [0.05, 0.1) is 11.3 Å². The van der Waals surface area contributed by atoms with Crippen LogP contribution < -0.4 is 11.3 Å². The summed E-state index contributed by atoms with van der Waals surface area (Å²) < 4.78 is 9.95. The predicted octanol–water partition coefficient (Wildman–Crippen LogP) is 1.03. The Bertz CT molecular complexity index is 468. The van der Waals surface area contributed by atoms with Crippen molar-refractivity contribution in [1.29, 1.82) is 0 Å². The second-order valence-electron chi connectivity index (χ2n) is 2.77. The Morgan fingerprint density at radius 2 is 2.56 bits per heavy atom. The molecule has 0 spiro atoms. The molecule has 0 bridgehead atoms. The second kappa shape index (κ2) is 5.10. The number of aromatic nitrogens is 2. The predicted molar refractivity (Wildman–Crippen MR) is 59.8 cm³/mol. The third-order valence-corrected chi connectivity index (χ3v) is 3.55. The number of nitrogens with two attached hydrogens (primary N) is 1. The van der Waals surface area contributed by atoms with Crippen LogP contribution in [0.15, 0.2) is 27.4 Å². The molecule has 2 aromatic heterocycles. The van der Waals surface area contributed by atoms with Crippen LogP contribution in [0, 0.1) is 0 Å². The molecule has 0 saturated carbocycles. The zero-order chi connectivity index (χ0) is 11.4. The number of nitrogen functional groups attached to an aromatic ring is 1. The highest BCUT2D eigenvalue weighted by molar-refractivity contribution is 8.00. The Morgan fingerprint density at radius 3 is 3.25 bits per heavy atom. The Morgan fingerprint density at radius 1 is 1.69 bits per heavy atom. The first-order valence-electron chi connectivity index (χ1n) is 4.27. The van der Waals surface area contributed by atoms with Crippen molar-refractivity contribution in [2.24, 2.45) is 5.84 Å². The summed E-state index contributed by atoms with van der Waals surface area (Å²) >= 11 is 2.82. The Labute approximate surface area is 99.4 Å². The van der Waals surface area contributed by atoms with Gasteiger partial charge in [0.1, 0.15) is 18.4 Å². The van der Waals surface area contributed by atoms with Crippen LogP contribution in [0.2, 0.25) is 0 Å². The molecule has 0 unspecified atom stereocenters. The van der Waals surface area contributed by atoms with Gasteiger partial charge in [0.25, 0.3) is 5.91 Å². The monoisotopic (exact) mass is 256 g/mol. The average Bonchev–Trinajstić information content (AvgIpc) is 2.96. The lowest BCUT2D eigenvalue weighted by Crippen LogP contribution is -2.29. The van der Waals surface area contributed by atoms with Crippen molar-refractivity contribution in [3.05, 3.63) is 30.0 Å². The standard InChI is InChI=1S/C8H8N4O2S2/c9-12-7(13)5-1-6(14-2-5)3-15-8-10-4-11-16-8/h1-2,4H,3,9H2,(H,12,13). The molecule has 84 valence electrons. The highest BCUT2D eigenvalue weighted by Crippen LogP contribution is 2.23. The maximum atomic E-state index is 11.1. The zero-order valence-corrected chi connectivity index (χ0v) is 9.68. The first-order chi connectivity index (χ1) is 7.79. The van der Waals surface area contributed by atoms with Gasteiger partial charge in [-0.1, -0.05) is 11.8 Å². The van der Waals surface area contributed by atoms with E-state index < -0.39 is 0 Å². The van der Waals surface area contributed by atoms with Gasteiger partial charge in [-0.05, 0) is 17.6 Å². The van der Waals surface area contributed by atoms with Crippen LogP contribution >= 0.6 is 23.3 Å². The van der Waals surface area contributed by atoms with E-state index >= 15 is 0 Å². The highest BCUT2D eigenvalue weighted by Gasteiger charge is 2.09. The second-order valence-corrected chi connectivity index (χ2v) is 4.77. The number of hydrazine groups is 1. The minimum Gasteiger partial charge on any atom is -0.468 e. The summed E-state index contributed by atoms with van der Waals surface area (Å²) in [5.74, 6) is 5.93. The maximum Gasteiger partial charge on any atom is 0.268 e. The van der Waals surface area contributed by atoms with Crippen LogP contribution in [0.4, 0.5) is 0 Å². The highest BCUT2D eigenvalue weighted by atomic mass is 32.2. The van der Waals surface area contributed by atoms with Gasteiger partial charge < -0.3 is 4.42 Å². The average molecular weight is 256 g/mol. The number of thioether (sulfide) groups is 1. The van der Waals surface area contributed by atoms with Crippen LogP contribution in [0.25, 0.3) is 0 Å². The third kappa shape index (κ3) is 2.60. The zero-order valence-electron chi connectivity index (χ0n) is 8.04. The van der Waals surface area contributed by atoms with Gasteiger partial charge in [-0.25, -0.2) is 10.8 Å². The molecule has 0 aliphatic carbocycles. The fraction of sp³-hybridized carbons (Fsp3) is 0.125. The lowest BCUT2D eigenvalue weighted by atomic mass is 10.3. The summed E-state index contributed by atoms with van der Waals surface area (Å²) in [4.78, 5) is 15.2. The van der Waals surface area contributed by atoms with Gasteiger partial charge in [-0.2, -0.15) is 4.37 Å². The molecule has 0 saturated heterocycles. The van der Waals surface area contributed by atoms with E-state index in [0.29, 0.717) is 17.1 Å². The van der Waals surface area contributed by atoms with Gasteiger partial charge >= 0.3 is 0 Å². The molecule has 6 nitrogen and oxygen atoms in total. The fourth-order valence-corrected chi connectivity index (χ4v) is 2.35. The third-order valence-electron chi connectivity index (χ3n) is 1.73. The topological polar surface area (TPSA) is 94.0 Å². The van der Waals surface area contributed by atoms with E-state index in [9.17, 15) is 4.79 Å². The van der Waals surface area contributed by atoms with E-state index in [1.54, 1.807) is 6.07 Å². The van der Waals surface area contributed by atoms with Crippen molar-refractivity contribution < 1.29 is 9.21 Å². The van der Waals surface area contributed by atoms with Crippen LogP contribution in [0.5, 0.6) is 0 Å². The quantitative estimate of drug-likeness (QED) is 0.367. The van der Waals surface area contributed by atoms with Crippen molar-refractivity contribution in [2.45, 2.75) is 10.1 Å². The van der Waals surface area contributed by atoms with Gasteiger partial charge in [0.2, 0.25) is 0 Å². The van der Waals surface area contributed by atoms with Crippen molar-refractivity contribution >= 4 is 29.2 Å². The van der Waals surface area contributed by atoms with Crippen molar-refractivity contribution in [2.75, 3.05) is 0 Å². The summed E-state index contributed by atoms with van der Waals surface area (Å²) in [6.45, 7) is 0. The van der Waals surface area contributed by atoms with E-state index in [1.165, 1.54) is 35.9 Å². The number of nitrogens with zero attached hydrogens (tertiary/aromatic N) is 2. The summed E-state index contributed by atoms with van der Waals surface area (Å²) in [5.41, 5.74) is 2.45. The van der Waals surface area contributed by atoms with E-state index in [1.807, 2.05) is 5.43 Å².